The van der Waals surface area contributed by atoms with E-state index in [0.29, 0.717) is 10.8 Å². The van der Waals surface area contributed by atoms with Gasteiger partial charge in [0.25, 0.3) is 0 Å². The lowest BCUT2D eigenvalue weighted by atomic mass is 9.19. The van der Waals surface area contributed by atoms with E-state index in [2.05, 4.69) is 27.7 Å². The summed E-state index contributed by atoms with van der Waals surface area (Å²) in [5, 5.41) is 0. The Balaban J connectivity index is 2.01. The number of hydrogen-bond donors (Lipinski definition) is 0. The monoisotopic (exact) mass is 190 g/mol. The first-order chi connectivity index (χ1) is 6.43. The maximum atomic E-state index is 2.62. The summed E-state index contributed by atoms with van der Waals surface area (Å²) in [7, 11) is 0. The van der Waals surface area contributed by atoms with Gasteiger partial charge >= 0.3 is 0 Å². The Morgan fingerprint density at radius 2 is 1.07 bits per heavy atom. The van der Waals surface area contributed by atoms with E-state index in [1.54, 1.807) is 12.8 Å². The van der Waals surface area contributed by atoms with Crippen LogP contribution < -0.4 is 0 Å². The third-order valence-corrected chi connectivity index (χ3v) is 8.47. The van der Waals surface area contributed by atoms with Crippen LogP contribution in [-0.4, -0.2) is 0 Å². The molecule has 0 N–H and O–H groups in total. The van der Waals surface area contributed by atoms with Crippen molar-refractivity contribution >= 4 is 0 Å². The highest BCUT2D eigenvalue weighted by atomic mass is 15.0. The average Bonchev–Trinajstić information content (AvgIpc) is 2.44. The highest BCUT2D eigenvalue weighted by Gasteiger charge is 2.93. The highest BCUT2D eigenvalue weighted by Crippen LogP contribution is 2.98. The lowest BCUT2D eigenvalue weighted by molar-refractivity contribution is -0.382. The molecular weight excluding hydrogens is 168 g/mol. The summed E-state index contributed by atoms with van der Waals surface area (Å²) in [4.78, 5) is 0. The molecular formula is C14H22. The van der Waals surface area contributed by atoms with Crippen molar-refractivity contribution in [3.05, 3.63) is 0 Å². The predicted molar refractivity (Wildman–Crippen MR) is 57.9 cm³/mol. The molecule has 4 aliphatic carbocycles. The standard InChI is InChI=1S/C14H22/c1-11-7-5-9-10-6-8-12(11,2)14(10,4)13(9,11)3/h9-10H,5-8H2,1-4H3. The van der Waals surface area contributed by atoms with Gasteiger partial charge in [-0.25, -0.2) is 0 Å². The minimum absolute atomic E-state index is 0.701. The first kappa shape index (κ1) is 8.19. The number of hydrogen-bond acceptors (Lipinski definition) is 0. The van der Waals surface area contributed by atoms with Crippen LogP contribution in [0.4, 0.5) is 0 Å². The van der Waals surface area contributed by atoms with Gasteiger partial charge < -0.3 is 0 Å². The molecule has 0 heteroatoms. The van der Waals surface area contributed by atoms with Crippen LogP contribution in [0.2, 0.25) is 0 Å². The fraction of sp³-hybridized carbons (Fsp3) is 1.00. The van der Waals surface area contributed by atoms with Gasteiger partial charge in [0.15, 0.2) is 0 Å². The topological polar surface area (TPSA) is 0 Å². The van der Waals surface area contributed by atoms with Gasteiger partial charge in [-0.05, 0) is 59.2 Å². The van der Waals surface area contributed by atoms with Gasteiger partial charge in [-0.1, -0.05) is 27.7 Å². The van der Waals surface area contributed by atoms with Crippen LogP contribution in [-0.2, 0) is 0 Å². The Hall–Kier alpha value is 0. The van der Waals surface area contributed by atoms with Gasteiger partial charge in [0.05, 0.1) is 0 Å². The molecule has 0 aliphatic heterocycles. The zero-order valence-corrected chi connectivity index (χ0v) is 9.98. The van der Waals surface area contributed by atoms with E-state index < -0.39 is 0 Å². The summed E-state index contributed by atoms with van der Waals surface area (Å²) < 4.78 is 0. The summed E-state index contributed by atoms with van der Waals surface area (Å²) in [6, 6.07) is 0. The van der Waals surface area contributed by atoms with Crippen LogP contribution in [0.15, 0.2) is 0 Å². The molecule has 14 heavy (non-hydrogen) atoms. The van der Waals surface area contributed by atoms with Gasteiger partial charge in [-0.3, -0.25) is 0 Å². The summed E-state index contributed by atoms with van der Waals surface area (Å²) in [5.74, 6) is 2.21. The van der Waals surface area contributed by atoms with Crippen molar-refractivity contribution in [3.8, 4) is 0 Å². The Morgan fingerprint density at radius 3 is 1.43 bits per heavy atom. The lowest BCUT2D eigenvalue weighted by Crippen LogP contribution is -2.81. The first-order valence-corrected chi connectivity index (χ1v) is 6.43. The second-order valence-corrected chi connectivity index (χ2v) is 7.36. The fourth-order valence-corrected chi connectivity index (χ4v) is 7.47. The van der Waals surface area contributed by atoms with Crippen LogP contribution in [0.5, 0.6) is 0 Å². The molecule has 4 saturated carbocycles. The second-order valence-electron chi connectivity index (χ2n) is 7.36. The Bertz CT molecular complexity index is 284. The molecule has 6 unspecified atom stereocenters. The zero-order chi connectivity index (χ0) is 9.98. The highest BCUT2D eigenvalue weighted by molar-refractivity contribution is 5.40. The summed E-state index contributed by atoms with van der Waals surface area (Å²) in [6.07, 6.45) is 6.14. The van der Waals surface area contributed by atoms with Gasteiger partial charge in [0.1, 0.15) is 0 Å². The van der Waals surface area contributed by atoms with E-state index in [0.717, 1.165) is 22.7 Å². The summed E-state index contributed by atoms with van der Waals surface area (Å²) >= 11 is 0. The van der Waals surface area contributed by atoms with Gasteiger partial charge in [-0.15, -0.1) is 0 Å². The molecule has 0 spiro atoms. The van der Waals surface area contributed by atoms with Gasteiger partial charge in [0, 0.05) is 0 Å². The maximum absolute atomic E-state index is 2.62. The molecule has 0 amide bonds. The largest absolute Gasteiger partial charge is 0.0585 e. The predicted octanol–water partition coefficient (Wildman–Crippen LogP) is 3.86. The van der Waals surface area contributed by atoms with E-state index in [-0.39, 0.29) is 0 Å². The third-order valence-electron chi connectivity index (χ3n) is 8.47. The minimum Gasteiger partial charge on any atom is -0.0585 e. The van der Waals surface area contributed by atoms with Crippen LogP contribution in [0.25, 0.3) is 0 Å². The molecule has 0 aromatic heterocycles. The first-order valence-electron chi connectivity index (χ1n) is 6.43. The Kier molecular flexibility index (Phi) is 0.947. The Morgan fingerprint density at radius 1 is 0.714 bits per heavy atom. The molecule has 0 aromatic carbocycles. The quantitative estimate of drug-likeness (QED) is 0.544. The van der Waals surface area contributed by atoms with Crippen LogP contribution in [0.3, 0.4) is 0 Å². The summed E-state index contributed by atoms with van der Waals surface area (Å²) in [5.41, 5.74) is 2.87. The van der Waals surface area contributed by atoms with Gasteiger partial charge in [0.2, 0.25) is 0 Å². The van der Waals surface area contributed by atoms with E-state index in [1.807, 2.05) is 0 Å². The van der Waals surface area contributed by atoms with E-state index in [4.69, 9.17) is 0 Å². The average molecular weight is 190 g/mol. The molecule has 78 valence electrons. The smallest absolute Gasteiger partial charge is 0.0173 e. The van der Waals surface area contributed by atoms with Crippen molar-refractivity contribution in [2.24, 2.45) is 33.5 Å². The van der Waals surface area contributed by atoms with Crippen molar-refractivity contribution in [2.75, 3.05) is 0 Å². The molecule has 4 fully saturated rings. The molecule has 4 rings (SSSR count). The Labute approximate surface area is 87.5 Å². The van der Waals surface area contributed by atoms with Crippen molar-refractivity contribution in [1.29, 1.82) is 0 Å². The van der Waals surface area contributed by atoms with E-state index in [1.165, 1.54) is 12.8 Å². The van der Waals surface area contributed by atoms with Gasteiger partial charge in [-0.2, -0.15) is 0 Å². The number of rotatable bonds is 0. The van der Waals surface area contributed by atoms with E-state index in [9.17, 15) is 0 Å². The van der Waals surface area contributed by atoms with Crippen LogP contribution >= 0.6 is 0 Å². The molecule has 0 aromatic rings. The van der Waals surface area contributed by atoms with Crippen molar-refractivity contribution in [1.82, 2.24) is 0 Å². The lowest BCUT2D eigenvalue weighted by Gasteiger charge is -2.85. The zero-order valence-electron chi connectivity index (χ0n) is 9.98. The van der Waals surface area contributed by atoms with Crippen LogP contribution in [0.1, 0.15) is 53.4 Å². The molecule has 0 bridgehead atoms. The minimum atomic E-state index is 0.701. The molecule has 0 heterocycles. The summed E-state index contributed by atoms with van der Waals surface area (Å²) in [6.45, 7) is 10.5. The fourth-order valence-electron chi connectivity index (χ4n) is 7.47. The normalized spacial score (nSPS) is 78.0. The molecule has 6 atom stereocenters. The van der Waals surface area contributed by atoms with Crippen molar-refractivity contribution in [3.63, 3.8) is 0 Å². The number of fused-ring (bicyclic) bond motifs is 2. The van der Waals surface area contributed by atoms with E-state index >= 15 is 0 Å². The SMILES string of the molecule is CC12CCC3C4CCC1(C)C4(C)C32C. The molecule has 4 aliphatic rings. The molecule has 0 saturated heterocycles. The molecule has 0 nitrogen and oxygen atoms in total. The maximum Gasteiger partial charge on any atom is -0.0173 e. The molecule has 0 radical (unpaired) electrons. The van der Waals surface area contributed by atoms with Crippen molar-refractivity contribution in [2.45, 2.75) is 53.4 Å². The van der Waals surface area contributed by atoms with Crippen molar-refractivity contribution < 1.29 is 0 Å². The third kappa shape index (κ3) is 0.354. The second kappa shape index (κ2) is 1.62. The van der Waals surface area contributed by atoms with Crippen LogP contribution in [0, 0.1) is 33.5 Å².